The molecule has 0 heteroatoms. The maximum atomic E-state index is 2.33. The molecule has 0 heterocycles. The Bertz CT molecular complexity index is 655. The normalized spacial score (nSPS) is 11.5. The Labute approximate surface area is 136 Å². The topological polar surface area (TPSA) is 0 Å². The Morgan fingerprint density at radius 3 is 0.909 bits per heavy atom. The lowest BCUT2D eigenvalue weighted by molar-refractivity contribution is 0.957. The first kappa shape index (κ1) is 17.1. The predicted octanol–water partition coefficient (Wildman–Crippen LogP) is 6.32. The van der Waals surface area contributed by atoms with Gasteiger partial charge in [-0.15, -0.1) is 0 Å². The molecule has 0 fully saturated rings. The molecule has 0 bridgehead atoms. The molecular weight excluding hydrogens is 264 g/mol. The second-order valence-corrected chi connectivity index (χ2v) is 6.58. The highest BCUT2D eigenvalue weighted by atomic mass is 14.2. The molecule has 0 aromatic heterocycles. The summed E-state index contributed by atoms with van der Waals surface area (Å²) in [6.45, 7) is 18.5. The summed E-state index contributed by atoms with van der Waals surface area (Å²) in [7, 11) is 0. The third-order valence-corrected chi connectivity index (χ3v) is 5.80. The SMILES string of the molecule is CCc1c(CC)c(CC)c2c(C)c(C)c(C)c(C)c2c1CC. The second kappa shape index (κ2) is 6.44. The van der Waals surface area contributed by atoms with Gasteiger partial charge in [0, 0.05) is 0 Å². The fourth-order valence-electron chi connectivity index (χ4n) is 4.37. The first-order valence-electron chi connectivity index (χ1n) is 8.99. The minimum absolute atomic E-state index is 1.14. The molecule has 0 aliphatic carbocycles. The van der Waals surface area contributed by atoms with Crippen molar-refractivity contribution in [2.24, 2.45) is 0 Å². The second-order valence-electron chi connectivity index (χ2n) is 6.58. The fraction of sp³-hybridized carbons (Fsp3) is 0.545. The van der Waals surface area contributed by atoms with Crippen LogP contribution in [-0.4, -0.2) is 0 Å². The molecular formula is C22H32. The van der Waals surface area contributed by atoms with Crippen molar-refractivity contribution < 1.29 is 0 Å². The number of benzene rings is 2. The smallest absolute Gasteiger partial charge is 0.0111 e. The van der Waals surface area contributed by atoms with Crippen molar-refractivity contribution in [2.75, 3.05) is 0 Å². The van der Waals surface area contributed by atoms with Crippen LogP contribution >= 0.6 is 0 Å². The van der Waals surface area contributed by atoms with E-state index in [0.29, 0.717) is 0 Å². The Balaban J connectivity index is 3.21. The number of hydrogen-bond acceptors (Lipinski definition) is 0. The average molecular weight is 296 g/mol. The number of aryl methyl sites for hydroxylation is 4. The third-order valence-electron chi connectivity index (χ3n) is 5.80. The van der Waals surface area contributed by atoms with Crippen molar-refractivity contribution in [3.05, 3.63) is 44.5 Å². The van der Waals surface area contributed by atoms with Gasteiger partial charge in [0.15, 0.2) is 0 Å². The quantitative estimate of drug-likeness (QED) is 0.619. The van der Waals surface area contributed by atoms with Crippen LogP contribution in [0.1, 0.15) is 72.2 Å². The Morgan fingerprint density at radius 1 is 0.409 bits per heavy atom. The van der Waals surface area contributed by atoms with Gasteiger partial charge in [0.2, 0.25) is 0 Å². The third kappa shape index (κ3) is 2.28. The molecule has 0 radical (unpaired) electrons. The molecule has 2 rings (SSSR count). The Morgan fingerprint density at radius 2 is 0.682 bits per heavy atom. The van der Waals surface area contributed by atoms with E-state index in [1.807, 2.05) is 0 Å². The van der Waals surface area contributed by atoms with Crippen LogP contribution in [0.5, 0.6) is 0 Å². The molecule has 0 atom stereocenters. The molecule has 22 heavy (non-hydrogen) atoms. The van der Waals surface area contributed by atoms with Gasteiger partial charge < -0.3 is 0 Å². The lowest BCUT2D eigenvalue weighted by Crippen LogP contribution is -2.08. The summed E-state index contributed by atoms with van der Waals surface area (Å²) in [5, 5.41) is 3.13. The maximum Gasteiger partial charge on any atom is -0.0111 e. The first-order chi connectivity index (χ1) is 10.4. The molecule has 0 saturated carbocycles. The van der Waals surface area contributed by atoms with Crippen LogP contribution in [0, 0.1) is 27.7 Å². The van der Waals surface area contributed by atoms with Crippen molar-refractivity contribution in [3.63, 3.8) is 0 Å². The van der Waals surface area contributed by atoms with Gasteiger partial charge in [-0.3, -0.25) is 0 Å². The molecule has 0 spiro atoms. The van der Waals surface area contributed by atoms with Crippen molar-refractivity contribution in [2.45, 2.75) is 81.1 Å². The largest absolute Gasteiger partial charge is 0.0613 e. The van der Waals surface area contributed by atoms with Crippen LogP contribution in [0.3, 0.4) is 0 Å². The van der Waals surface area contributed by atoms with Crippen LogP contribution in [0.4, 0.5) is 0 Å². The van der Waals surface area contributed by atoms with Gasteiger partial charge in [-0.2, -0.15) is 0 Å². The lowest BCUT2D eigenvalue weighted by atomic mass is 9.79. The summed E-state index contributed by atoms with van der Waals surface area (Å²) >= 11 is 0. The standard InChI is InChI=1S/C22H32/c1-9-17-18(10-2)20(12-4)22-16(8)14(6)13(5)15(7)21(22)19(17)11-3/h9-12H2,1-8H3. The zero-order chi connectivity index (χ0) is 16.6. The highest BCUT2D eigenvalue weighted by molar-refractivity contribution is 5.97. The minimum Gasteiger partial charge on any atom is -0.0613 e. The van der Waals surface area contributed by atoms with E-state index in [2.05, 4.69) is 55.4 Å². The zero-order valence-electron chi connectivity index (χ0n) is 15.8. The van der Waals surface area contributed by atoms with Gasteiger partial charge in [0.25, 0.3) is 0 Å². The van der Waals surface area contributed by atoms with Crippen LogP contribution in [0.15, 0.2) is 0 Å². The summed E-state index contributed by atoms with van der Waals surface area (Å²) in [4.78, 5) is 0. The molecule has 0 N–H and O–H groups in total. The van der Waals surface area contributed by atoms with Gasteiger partial charge in [-0.1, -0.05) is 27.7 Å². The summed E-state index contributed by atoms with van der Waals surface area (Å²) in [5.74, 6) is 0. The molecule has 0 amide bonds. The molecule has 2 aromatic rings. The van der Waals surface area contributed by atoms with Crippen molar-refractivity contribution in [1.82, 2.24) is 0 Å². The highest BCUT2D eigenvalue weighted by Crippen LogP contribution is 2.39. The van der Waals surface area contributed by atoms with Crippen LogP contribution in [-0.2, 0) is 25.7 Å². The lowest BCUT2D eigenvalue weighted by Gasteiger charge is -2.25. The molecule has 2 aromatic carbocycles. The minimum atomic E-state index is 1.14. The molecule has 0 aliphatic heterocycles. The van der Waals surface area contributed by atoms with E-state index in [4.69, 9.17) is 0 Å². The fourth-order valence-corrected chi connectivity index (χ4v) is 4.37. The maximum absolute atomic E-state index is 2.33. The van der Waals surface area contributed by atoms with E-state index in [1.165, 1.54) is 22.3 Å². The summed E-state index contributed by atoms with van der Waals surface area (Å²) in [5.41, 5.74) is 12.4. The number of rotatable bonds is 4. The van der Waals surface area contributed by atoms with Gasteiger partial charge in [-0.05, 0) is 109 Å². The van der Waals surface area contributed by atoms with E-state index in [0.717, 1.165) is 25.7 Å². The van der Waals surface area contributed by atoms with Gasteiger partial charge in [0.05, 0.1) is 0 Å². The monoisotopic (exact) mass is 296 g/mol. The summed E-state index contributed by atoms with van der Waals surface area (Å²) < 4.78 is 0. The first-order valence-corrected chi connectivity index (χ1v) is 8.99. The molecule has 0 aliphatic rings. The van der Waals surface area contributed by atoms with Crippen LogP contribution < -0.4 is 0 Å². The van der Waals surface area contributed by atoms with Crippen molar-refractivity contribution in [1.29, 1.82) is 0 Å². The highest BCUT2D eigenvalue weighted by Gasteiger charge is 2.20. The van der Waals surface area contributed by atoms with Crippen LogP contribution in [0.2, 0.25) is 0 Å². The molecule has 0 saturated heterocycles. The molecule has 120 valence electrons. The van der Waals surface area contributed by atoms with Gasteiger partial charge >= 0.3 is 0 Å². The van der Waals surface area contributed by atoms with Crippen molar-refractivity contribution >= 4 is 10.8 Å². The zero-order valence-corrected chi connectivity index (χ0v) is 15.8. The van der Waals surface area contributed by atoms with E-state index < -0.39 is 0 Å². The van der Waals surface area contributed by atoms with E-state index in [1.54, 1.807) is 33.0 Å². The van der Waals surface area contributed by atoms with E-state index in [-0.39, 0.29) is 0 Å². The number of hydrogen-bond donors (Lipinski definition) is 0. The molecule has 0 nitrogen and oxygen atoms in total. The van der Waals surface area contributed by atoms with E-state index >= 15 is 0 Å². The molecule has 0 unspecified atom stereocenters. The summed E-state index contributed by atoms with van der Waals surface area (Å²) in [6, 6.07) is 0. The average Bonchev–Trinajstić information content (AvgIpc) is 2.54. The van der Waals surface area contributed by atoms with Crippen molar-refractivity contribution in [3.8, 4) is 0 Å². The Hall–Kier alpha value is -1.30. The van der Waals surface area contributed by atoms with Crippen LogP contribution in [0.25, 0.3) is 10.8 Å². The van der Waals surface area contributed by atoms with Gasteiger partial charge in [-0.25, -0.2) is 0 Å². The predicted molar refractivity (Wildman–Crippen MR) is 100 cm³/mol. The van der Waals surface area contributed by atoms with Gasteiger partial charge in [0.1, 0.15) is 0 Å². The van der Waals surface area contributed by atoms with E-state index in [9.17, 15) is 0 Å². The Kier molecular flexibility index (Phi) is 5.00. The number of fused-ring (bicyclic) bond motifs is 1. The summed E-state index contributed by atoms with van der Waals surface area (Å²) in [6.07, 6.45) is 4.58.